The van der Waals surface area contributed by atoms with Gasteiger partial charge in [0, 0.05) is 24.0 Å². The number of hydrogen-bond donors (Lipinski definition) is 3. The molecule has 4 atom stereocenters. The average Bonchev–Trinajstić information content (AvgIpc) is 3.40. The van der Waals surface area contributed by atoms with Crippen molar-refractivity contribution in [2.24, 2.45) is 17.6 Å². The Bertz CT molecular complexity index is 1230. The smallest absolute Gasteiger partial charge is 0.291 e. The fourth-order valence-electron chi connectivity index (χ4n) is 5.93. The van der Waals surface area contributed by atoms with Crippen LogP contribution in [-0.4, -0.2) is 41.7 Å². The van der Waals surface area contributed by atoms with Crippen molar-refractivity contribution in [1.29, 1.82) is 0 Å². The monoisotopic (exact) mass is 463 g/mol. The molecule has 5 rings (SSSR count). The summed E-state index contributed by atoms with van der Waals surface area (Å²) in [7, 11) is 1.53. The molecule has 3 aliphatic heterocycles. The normalized spacial score (nSPS) is 27.2. The first kappa shape index (κ1) is 22.1. The Kier molecular flexibility index (Phi) is 5.16. The summed E-state index contributed by atoms with van der Waals surface area (Å²) in [4.78, 5) is 53.8. The standard InChI is InChI=1S/C25H26N4O5/c1-13-6-5-8-15-21(13)27-24(33)25(15)20-19(16(28-25)10-11-18(26)30)22(31)29(23(20)32)12-14-7-3-4-9-17(14)34-2/h3-9,16,19-20,28H,10-12H2,1-2H3,(H2,26,30)(H,27,33)/p+1/t16-,19+,20-,25-/m0/s1. The van der Waals surface area contributed by atoms with Crippen molar-refractivity contribution in [1.82, 2.24) is 4.90 Å². The number of likely N-dealkylation sites (tertiary alicyclic amines) is 1. The summed E-state index contributed by atoms with van der Waals surface area (Å²) in [6.45, 7) is 1.94. The molecular weight excluding hydrogens is 436 g/mol. The van der Waals surface area contributed by atoms with E-state index in [1.807, 2.05) is 42.6 Å². The average molecular weight is 464 g/mol. The van der Waals surface area contributed by atoms with Crippen molar-refractivity contribution in [2.75, 3.05) is 12.4 Å². The van der Waals surface area contributed by atoms with Crippen molar-refractivity contribution in [3.05, 3.63) is 59.2 Å². The van der Waals surface area contributed by atoms with Crippen molar-refractivity contribution in [3.63, 3.8) is 0 Å². The van der Waals surface area contributed by atoms with Gasteiger partial charge in [-0.3, -0.25) is 24.1 Å². The van der Waals surface area contributed by atoms with Crippen LogP contribution in [0.3, 0.4) is 0 Å². The number of carbonyl (C=O) groups excluding carboxylic acids is 4. The second-order valence-corrected chi connectivity index (χ2v) is 9.23. The van der Waals surface area contributed by atoms with Crippen LogP contribution in [0.5, 0.6) is 5.75 Å². The van der Waals surface area contributed by atoms with Crippen LogP contribution in [0.4, 0.5) is 5.69 Å². The second-order valence-electron chi connectivity index (χ2n) is 9.23. The lowest BCUT2D eigenvalue weighted by molar-refractivity contribution is -0.734. The lowest BCUT2D eigenvalue weighted by Gasteiger charge is -2.26. The summed E-state index contributed by atoms with van der Waals surface area (Å²) in [5.74, 6) is -2.56. The number of benzene rings is 2. The molecule has 9 heteroatoms. The predicted molar refractivity (Wildman–Crippen MR) is 121 cm³/mol. The molecule has 2 aromatic carbocycles. The first-order valence-electron chi connectivity index (χ1n) is 11.3. The van der Waals surface area contributed by atoms with E-state index in [1.54, 1.807) is 12.1 Å². The van der Waals surface area contributed by atoms with E-state index in [2.05, 4.69) is 5.32 Å². The fraction of sp³-hybridized carbons (Fsp3) is 0.360. The van der Waals surface area contributed by atoms with Gasteiger partial charge in [-0.15, -0.1) is 0 Å². The quantitative estimate of drug-likeness (QED) is 0.525. The Hall–Kier alpha value is -3.72. The van der Waals surface area contributed by atoms with Crippen molar-refractivity contribution < 1.29 is 29.2 Å². The van der Waals surface area contributed by atoms with Gasteiger partial charge in [0.05, 0.1) is 19.3 Å². The van der Waals surface area contributed by atoms with Crippen LogP contribution in [0.2, 0.25) is 0 Å². The first-order valence-corrected chi connectivity index (χ1v) is 11.3. The lowest BCUT2D eigenvalue weighted by atomic mass is 9.76. The number of nitrogens with two attached hydrogens (primary N) is 2. The number of primary amides is 1. The Balaban J connectivity index is 1.59. The minimum absolute atomic E-state index is 0.0512. The predicted octanol–water partition coefficient (Wildman–Crippen LogP) is 0.164. The van der Waals surface area contributed by atoms with Gasteiger partial charge in [0.25, 0.3) is 5.91 Å². The molecule has 1 spiro atoms. The summed E-state index contributed by atoms with van der Waals surface area (Å²) in [5, 5.41) is 4.77. The van der Waals surface area contributed by atoms with Gasteiger partial charge in [0.2, 0.25) is 23.3 Å². The Morgan fingerprint density at radius 3 is 2.65 bits per heavy atom. The fourth-order valence-corrected chi connectivity index (χ4v) is 5.93. The van der Waals surface area contributed by atoms with Crippen molar-refractivity contribution in [3.8, 4) is 5.75 Å². The Morgan fingerprint density at radius 2 is 1.91 bits per heavy atom. The summed E-state index contributed by atoms with van der Waals surface area (Å²) < 4.78 is 5.41. The third-order valence-electron chi connectivity index (χ3n) is 7.45. The number of hydrogen-bond acceptors (Lipinski definition) is 5. The van der Waals surface area contributed by atoms with E-state index >= 15 is 0 Å². The van der Waals surface area contributed by atoms with E-state index in [-0.39, 0.29) is 30.7 Å². The molecule has 5 N–H and O–H groups in total. The number of amides is 4. The van der Waals surface area contributed by atoms with Crippen molar-refractivity contribution >= 4 is 29.3 Å². The number of carbonyl (C=O) groups is 4. The Morgan fingerprint density at radius 1 is 1.15 bits per heavy atom. The molecule has 0 aromatic heterocycles. The van der Waals surface area contributed by atoms with Crippen molar-refractivity contribution in [2.45, 2.75) is 37.9 Å². The molecule has 0 radical (unpaired) electrons. The molecule has 2 saturated heterocycles. The van der Waals surface area contributed by atoms with E-state index in [0.29, 0.717) is 29.0 Å². The number of imide groups is 1. The molecular formula is C25H27N4O5+. The number of aryl methyl sites for hydroxylation is 1. The van der Waals surface area contributed by atoms with E-state index < -0.39 is 29.3 Å². The van der Waals surface area contributed by atoms with Crippen LogP contribution in [0.1, 0.15) is 29.5 Å². The lowest BCUT2D eigenvalue weighted by Crippen LogP contribution is -2.99. The van der Waals surface area contributed by atoms with E-state index in [0.717, 1.165) is 5.56 Å². The maximum atomic E-state index is 13.9. The molecule has 2 aromatic rings. The van der Waals surface area contributed by atoms with Gasteiger partial charge in [-0.05, 0) is 18.6 Å². The maximum Gasteiger partial charge on any atom is 0.291 e. The molecule has 34 heavy (non-hydrogen) atoms. The third kappa shape index (κ3) is 3.03. The van der Waals surface area contributed by atoms with E-state index in [9.17, 15) is 19.2 Å². The van der Waals surface area contributed by atoms with Crippen LogP contribution in [0.25, 0.3) is 0 Å². The number of nitrogens with one attached hydrogen (secondary N) is 1. The van der Waals surface area contributed by atoms with Gasteiger partial charge in [0.1, 0.15) is 23.6 Å². The van der Waals surface area contributed by atoms with Gasteiger partial charge >= 0.3 is 0 Å². The van der Waals surface area contributed by atoms with Crippen LogP contribution < -0.4 is 21.1 Å². The number of fused-ring (bicyclic) bond motifs is 4. The zero-order valence-electron chi connectivity index (χ0n) is 19.0. The number of nitrogens with zero attached hydrogens (tertiary/aromatic N) is 1. The molecule has 3 aliphatic rings. The van der Waals surface area contributed by atoms with Gasteiger partial charge in [-0.2, -0.15) is 0 Å². The maximum absolute atomic E-state index is 13.9. The molecule has 176 valence electrons. The largest absolute Gasteiger partial charge is 0.496 e. The minimum Gasteiger partial charge on any atom is -0.496 e. The van der Waals surface area contributed by atoms with E-state index in [4.69, 9.17) is 10.5 Å². The number of rotatable bonds is 6. The van der Waals surface area contributed by atoms with Crippen LogP contribution in [0, 0.1) is 18.8 Å². The molecule has 0 bridgehead atoms. The number of methoxy groups -OCH3 is 1. The SMILES string of the molecule is COc1ccccc1CN1C(=O)[C@@H]2[C@H](CCC(N)=O)[NH2+][C@]3(C(=O)Nc4c(C)cccc43)[C@@H]2C1=O. The topological polar surface area (TPSA) is 135 Å². The highest BCUT2D eigenvalue weighted by Crippen LogP contribution is 2.50. The molecule has 0 unspecified atom stereocenters. The highest BCUT2D eigenvalue weighted by Gasteiger charge is 2.74. The molecule has 4 amide bonds. The zero-order valence-corrected chi connectivity index (χ0v) is 19.0. The number of para-hydroxylation sites is 2. The van der Waals surface area contributed by atoms with Crippen LogP contribution in [-0.2, 0) is 31.3 Å². The van der Waals surface area contributed by atoms with Gasteiger partial charge < -0.3 is 21.1 Å². The molecule has 0 saturated carbocycles. The molecule has 2 fully saturated rings. The minimum atomic E-state index is -1.27. The summed E-state index contributed by atoms with van der Waals surface area (Å²) in [5.41, 5.74) is 7.09. The summed E-state index contributed by atoms with van der Waals surface area (Å²) >= 11 is 0. The van der Waals surface area contributed by atoms with Crippen LogP contribution in [0.15, 0.2) is 42.5 Å². The highest BCUT2D eigenvalue weighted by molar-refractivity contribution is 6.14. The summed E-state index contributed by atoms with van der Waals surface area (Å²) in [6, 6.07) is 12.4. The number of ether oxygens (including phenoxy) is 1. The third-order valence-corrected chi connectivity index (χ3v) is 7.45. The number of anilines is 1. The highest BCUT2D eigenvalue weighted by atomic mass is 16.5. The second kappa shape index (κ2) is 7.95. The number of quaternary nitrogens is 1. The van der Waals surface area contributed by atoms with Crippen LogP contribution >= 0.6 is 0 Å². The van der Waals surface area contributed by atoms with Gasteiger partial charge in [-0.25, -0.2) is 0 Å². The summed E-state index contributed by atoms with van der Waals surface area (Å²) in [6.07, 6.45) is 0.366. The van der Waals surface area contributed by atoms with Gasteiger partial charge in [0.15, 0.2) is 0 Å². The molecule has 9 nitrogen and oxygen atoms in total. The first-order chi connectivity index (χ1) is 16.3. The molecule has 3 heterocycles. The Labute approximate surface area is 196 Å². The van der Waals surface area contributed by atoms with E-state index in [1.165, 1.54) is 12.0 Å². The molecule has 0 aliphatic carbocycles. The zero-order chi connectivity index (χ0) is 24.2. The van der Waals surface area contributed by atoms with Gasteiger partial charge in [-0.1, -0.05) is 36.4 Å².